The molecule has 1 aromatic rings. The van der Waals surface area contributed by atoms with Gasteiger partial charge < -0.3 is 14.6 Å². The lowest BCUT2D eigenvalue weighted by Crippen LogP contribution is -2.05. The van der Waals surface area contributed by atoms with Gasteiger partial charge in [-0.3, -0.25) is 0 Å². The molecule has 0 saturated heterocycles. The lowest BCUT2D eigenvalue weighted by atomic mass is 9.90. The number of hydrogen-bond acceptors (Lipinski definition) is 3. The zero-order valence-corrected chi connectivity index (χ0v) is 13.2. The SMILES string of the molecule is COc1cc([C@@H](CC=C(C)C)CCO)c(OC)cc1C. The maximum absolute atomic E-state index is 9.32. The monoisotopic (exact) mass is 278 g/mol. The van der Waals surface area contributed by atoms with Crippen LogP contribution in [-0.2, 0) is 0 Å². The number of rotatable bonds is 7. The molecule has 0 saturated carbocycles. The van der Waals surface area contributed by atoms with E-state index >= 15 is 0 Å². The van der Waals surface area contributed by atoms with E-state index in [2.05, 4.69) is 19.9 Å². The van der Waals surface area contributed by atoms with Crippen LogP contribution in [0.5, 0.6) is 11.5 Å². The standard InChI is InChI=1S/C17H26O3/c1-12(2)6-7-14(8-9-18)15-11-16(19-4)13(3)10-17(15)20-5/h6,10-11,14,18H,7-9H2,1-5H3/t14-/m0/s1. The highest BCUT2D eigenvalue weighted by Crippen LogP contribution is 2.36. The van der Waals surface area contributed by atoms with Crippen LogP contribution in [0.25, 0.3) is 0 Å². The molecule has 112 valence electrons. The third-order valence-electron chi connectivity index (χ3n) is 3.48. The van der Waals surface area contributed by atoms with Crippen molar-refractivity contribution in [3.8, 4) is 11.5 Å². The van der Waals surface area contributed by atoms with Gasteiger partial charge in [0.25, 0.3) is 0 Å². The first-order chi connectivity index (χ1) is 9.53. The fourth-order valence-electron chi connectivity index (χ4n) is 2.33. The number of methoxy groups -OCH3 is 2. The number of aliphatic hydroxyl groups excluding tert-OH is 1. The molecule has 1 atom stereocenters. The van der Waals surface area contributed by atoms with E-state index in [1.165, 1.54) is 5.57 Å². The maximum atomic E-state index is 9.32. The zero-order chi connectivity index (χ0) is 15.1. The third-order valence-corrected chi connectivity index (χ3v) is 3.48. The van der Waals surface area contributed by atoms with Gasteiger partial charge in [0.15, 0.2) is 0 Å². The van der Waals surface area contributed by atoms with E-state index in [-0.39, 0.29) is 12.5 Å². The van der Waals surface area contributed by atoms with Crippen molar-refractivity contribution >= 4 is 0 Å². The fraction of sp³-hybridized carbons (Fsp3) is 0.529. The number of allylic oxidation sites excluding steroid dienone is 2. The second kappa shape index (κ2) is 7.95. The van der Waals surface area contributed by atoms with Crippen molar-refractivity contribution < 1.29 is 14.6 Å². The molecule has 0 aliphatic carbocycles. The Kier molecular flexibility index (Phi) is 6.59. The number of aliphatic hydroxyl groups is 1. The number of ether oxygens (including phenoxy) is 2. The van der Waals surface area contributed by atoms with Gasteiger partial charge in [-0.15, -0.1) is 0 Å². The first kappa shape index (κ1) is 16.6. The van der Waals surface area contributed by atoms with Crippen LogP contribution in [0.2, 0.25) is 0 Å². The third kappa shape index (κ3) is 4.27. The minimum atomic E-state index is 0.167. The summed E-state index contributed by atoms with van der Waals surface area (Å²) in [6.45, 7) is 6.34. The largest absolute Gasteiger partial charge is 0.496 e. The highest BCUT2D eigenvalue weighted by atomic mass is 16.5. The molecule has 0 unspecified atom stereocenters. The molecule has 0 amide bonds. The van der Waals surface area contributed by atoms with Gasteiger partial charge >= 0.3 is 0 Å². The Morgan fingerprint density at radius 1 is 1.20 bits per heavy atom. The van der Waals surface area contributed by atoms with Crippen LogP contribution in [0.4, 0.5) is 0 Å². The van der Waals surface area contributed by atoms with Crippen LogP contribution >= 0.6 is 0 Å². The van der Waals surface area contributed by atoms with Crippen molar-refractivity contribution in [3.05, 3.63) is 34.9 Å². The minimum absolute atomic E-state index is 0.167. The number of benzene rings is 1. The Morgan fingerprint density at radius 3 is 2.35 bits per heavy atom. The average Bonchev–Trinajstić information content (AvgIpc) is 2.43. The van der Waals surface area contributed by atoms with Crippen molar-refractivity contribution in [1.29, 1.82) is 0 Å². The minimum Gasteiger partial charge on any atom is -0.496 e. The van der Waals surface area contributed by atoms with Gasteiger partial charge in [0.2, 0.25) is 0 Å². The van der Waals surface area contributed by atoms with E-state index in [1.54, 1.807) is 14.2 Å². The molecule has 0 aliphatic rings. The van der Waals surface area contributed by atoms with E-state index in [1.807, 2.05) is 19.1 Å². The average molecular weight is 278 g/mol. The van der Waals surface area contributed by atoms with Crippen molar-refractivity contribution in [1.82, 2.24) is 0 Å². The van der Waals surface area contributed by atoms with Gasteiger partial charge in [-0.1, -0.05) is 11.6 Å². The van der Waals surface area contributed by atoms with E-state index in [0.29, 0.717) is 6.42 Å². The summed E-state index contributed by atoms with van der Waals surface area (Å²) >= 11 is 0. The molecule has 0 bridgehead atoms. The predicted molar refractivity (Wildman–Crippen MR) is 82.8 cm³/mol. The van der Waals surface area contributed by atoms with Crippen LogP contribution in [0.3, 0.4) is 0 Å². The highest BCUT2D eigenvalue weighted by molar-refractivity contribution is 5.47. The molecular formula is C17H26O3. The summed E-state index contributed by atoms with van der Waals surface area (Å²) in [6, 6.07) is 4.04. The van der Waals surface area contributed by atoms with Gasteiger partial charge in [-0.25, -0.2) is 0 Å². The summed E-state index contributed by atoms with van der Waals surface area (Å²) < 4.78 is 10.9. The number of aryl methyl sites for hydroxylation is 1. The summed E-state index contributed by atoms with van der Waals surface area (Å²) in [6.07, 6.45) is 3.81. The topological polar surface area (TPSA) is 38.7 Å². The van der Waals surface area contributed by atoms with E-state index in [9.17, 15) is 5.11 Å². The molecule has 1 aromatic carbocycles. The molecule has 1 rings (SSSR count). The van der Waals surface area contributed by atoms with Gasteiger partial charge in [-0.2, -0.15) is 0 Å². The summed E-state index contributed by atoms with van der Waals surface area (Å²) in [4.78, 5) is 0. The Bertz CT molecular complexity index is 460. The zero-order valence-electron chi connectivity index (χ0n) is 13.2. The first-order valence-corrected chi connectivity index (χ1v) is 7.00. The van der Waals surface area contributed by atoms with Gasteiger partial charge in [0.05, 0.1) is 14.2 Å². The molecule has 0 spiro atoms. The second-order valence-electron chi connectivity index (χ2n) is 5.29. The molecule has 0 aromatic heterocycles. The van der Waals surface area contributed by atoms with Crippen molar-refractivity contribution in [3.63, 3.8) is 0 Å². The molecule has 0 aliphatic heterocycles. The van der Waals surface area contributed by atoms with Crippen LogP contribution in [-0.4, -0.2) is 25.9 Å². The number of hydrogen-bond donors (Lipinski definition) is 1. The van der Waals surface area contributed by atoms with E-state index < -0.39 is 0 Å². The molecule has 3 heteroatoms. The van der Waals surface area contributed by atoms with Crippen molar-refractivity contribution in [2.75, 3.05) is 20.8 Å². The fourth-order valence-corrected chi connectivity index (χ4v) is 2.33. The van der Waals surface area contributed by atoms with Crippen LogP contribution in [0, 0.1) is 6.92 Å². The smallest absolute Gasteiger partial charge is 0.122 e. The van der Waals surface area contributed by atoms with Crippen molar-refractivity contribution in [2.45, 2.75) is 39.5 Å². The van der Waals surface area contributed by atoms with Crippen LogP contribution in [0.1, 0.15) is 43.7 Å². The molecule has 0 radical (unpaired) electrons. The summed E-state index contributed by atoms with van der Waals surface area (Å²) in [5, 5.41) is 9.32. The second-order valence-corrected chi connectivity index (χ2v) is 5.29. The van der Waals surface area contributed by atoms with Gasteiger partial charge in [0, 0.05) is 12.2 Å². The lowest BCUT2D eigenvalue weighted by molar-refractivity contribution is 0.274. The summed E-state index contributed by atoms with van der Waals surface area (Å²) in [7, 11) is 3.36. The normalized spacial score (nSPS) is 11.9. The van der Waals surface area contributed by atoms with Crippen LogP contribution < -0.4 is 9.47 Å². The lowest BCUT2D eigenvalue weighted by Gasteiger charge is -2.20. The Morgan fingerprint density at radius 2 is 1.85 bits per heavy atom. The van der Waals surface area contributed by atoms with Gasteiger partial charge in [-0.05, 0) is 57.2 Å². The highest BCUT2D eigenvalue weighted by Gasteiger charge is 2.17. The molecule has 3 nitrogen and oxygen atoms in total. The van der Waals surface area contributed by atoms with Gasteiger partial charge in [0.1, 0.15) is 11.5 Å². The van der Waals surface area contributed by atoms with E-state index in [0.717, 1.165) is 29.0 Å². The molecule has 20 heavy (non-hydrogen) atoms. The van der Waals surface area contributed by atoms with E-state index in [4.69, 9.17) is 9.47 Å². The Labute approximate surface area is 122 Å². The molecular weight excluding hydrogens is 252 g/mol. The quantitative estimate of drug-likeness (QED) is 0.770. The van der Waals surface area contributed by atoms with Crippen molar-refractivity contribution in [2.24, 2.45) is 0 Å². The Hall–Kier alpha value is -1.48. The summed E-state index contributed by atoms with van der Waals surface area (Å²) in [5.74, 6) is 1.96. The Balaban J connectivity index is 3.19. The molecule has 0 fully saturated rings. The maximum Gasteiger partial charge on any atom is 0.122 e. The first-order valence-electron chi connectivity index (χ1n) is 7.00. The van der Waals surface area contributed by atoms with Crippen LogP contribution in [0.15, 0.2) is 23.8 Å². The molecule has 0 heterocycles. The summed E-state index contributed by atoms with van der Waals surface area (Å²) in [5.41, 5.74) is 3.44. The molecule has 1 N–H and O–H groups in total. The predicted octanol–water partition coefficient (Wildman–Crippen LogP) is 3.83.